The fourth-order valence-corrected chi connectivity index (χ4v) is 11.4. The van der Waals surface area contributed by atoms with Gasteiger partial charge < -0.3 is 14.8 Å². The first kappa shape index (κ1) is 26.9. The quantitative estimate of drug-likeness (QED) is 0.276. The number of ether oxygens (including phenoxy) is 2. The Morgan fingerprint density at radius 3 is 3.00 bits per heavy atom. The van der Waals surface area contributed by atoms with Gasteiger partial charge >= 0.3 is 11.9 Å². The summed E-state index contributed by atoms with van der Waals surface area (Å²) in [6, 6.07) is 2.11. The van der Waals surface area contributed by atoms with E-state index in [1.54, 1.807) is 0 Å². The van der Waals surface area contributed by atoms with Crippen molar-refractivity contribution in [3.63, 3.8) is 0 Å². The lowest BCUT2D eigenvalue weighted by atomic mass is 9.44. The number of nitrogens with one attached hydrogen (secondary N) is 1. The van der Waals surface area contributed by atoms with Crippen LogP contribution in [-0.2, 0) is 25.5 Å². The first-order valence-corrected chi connectivity index (χ1v) is 17.9. The Labute approximate surface area is 254 Å². The Bertz CT molecular complexity index is 1550. The molecular weight excluding hydrogens is 565 g/mol. The van der Waals surface area contributed by atoms with Gasteiger partial charge in [0.1, 0.15) is 22.7 Å². The normalized spacial score (nSPS) is 36.9. The number of cyclic esters (lactones) is 1. The van der Waals surface area contributed by atoms with Crippen LogP contribution < -0.4 is 5.32 Å². The zero-order chi connectivity index (χ0) is 28.6. The third kappa shape index (κ3) is 3.89. The molecule has 6 nitrogen and oxygen atoms in total. The van der Waals surface area contributed by atoms with Crippen molar-refractivity contribution in [1.82, 2.24) is 4.98 Å². The Balaban J connectivity index is 1.33. The van der Waals surface area contributed by atoms with Gasteiger partial charge in [0.25, 0.3) is 0 Å². The lowest BCUT2D eigenvalue weighted by Crippen LogP contribution is -2.52. The van der Waals surface area contributed by atoms with E-state index >= 15 is 0 Å². The van der Waals surface area contributed by atoms with Gasteiger partial charge in [0.2, 0.25) is 0 Å². The van der Waals surface area contributed by atoms with Gasteiger partial charge in [-0.15, -0.1) is 0 Å². The van der Waals surface area contributed by atoms with Crippen molar-refractivity contribution in [2.45, 2.75) is 70.6 Å². The van der Waals surface area contributed by atoms with Crippen LogP contribution in [0.4, 0.5) is 5.82 Å². The van der Waals surface area contributed by atoms with Crippen LogP contribution in [0, 0.1) is 29.1 Å². The Hall–Kier alpha value is -2.71. The smallest absolute Gasteiger partial charge is 0.340 e. The maximum atomic E-state index is 14.0. The predicted octanol–water partition coefficient (Wildman–Crippen LogP) is 7.52. The van der Waals surface area contributed by atoms with Gasteiger partial charge in [-0.05, 0) is 86.5 Å². The number of carbonyl (C=O) groups is 2. The third-order valence-electron chi connectivity index (χ3n) is 10.5. The monoisotopic (exact) mass is 600 g/mol. The number of fused-ring (bicyclic) bond motifs is 6. The Kier molecular flexibility index (Phi) is 6.52. The van der Waals surface area contributed by atoms with Crippen molar-refractivity contribution >= 4 is 45.4 Å². The minimum atomic E-state index is -0.600. The van der Waals surface area contributed by atoms with Crippen molar-refractivity contribution in [1.29, 1.82) is 0 Å². The minimum absolute atomic E-state index is 0.0794. The molecule has 0 unspecified atom stereocenters. The van der Waals surface area contributed by atoms with Crippen molar-refractivity contribution in [2.24, 2.45) is 29.1 Å². The van der Waals surface area contributed by atoms with E-state index < -0.39 is 5.41 Å². The molecule has 0 radical (unpaired) electrons. The summed E-state index contributed by atoms with van der Waals surface area (Å²) in [5, 5.41) is 3.79. The molecule has 42 heavy (non-hydrogen) atoms. The third-order valence-corrected chi connectivity index (χ3v) is 13.3. The zero-order valence-electron chi connectivity index (χ0n) is 24.1. The standard InChI is InChI=1S/C34H36N2O4S2/c1-3-4-5-25-23-8-7-22-21-12-14-34(29(22)28(23)32(37)39-25)26-10-6-18(2)17-41-42-27-11-9-20-19(13-15-35-31(20)36-27)16-24(21)30(34)33(38)40-26/h5,9-11,13,15,18,21-22,27,29H,3-4,6-8,12,14,16-17H2,1-2H3,(H,35,36)/b25-5-,26-10+/t18-,21-,22-,27+,29+,34-/m0/s1. The summed E-state index contributed by atoms with van der Waals surface area (Å²) in [4.78, 5) is 32.4. The summed E-state index contributed by atoms with van der Waals surface area (Å²) < 4.78 is 12.3. The van der Waals surface area contributed by atoms with Gasteiger partial charge in [0.05, 0.1) is 11.0 Å². The largest absolute Gasteiger partial charge is 0.427 e. The number of anilines is 1. The minimum Gasteiger partial charge on any atom is -0.427 e. The molecule has 5 aliphatic heterocycles. The number of pyridine rings is 1. The number of hydrogen-bond donors (Lipinski definition) is 1. The van der Waals surface area contributed by atoms with Crippen LogP contribution in [-0.4, -0.2) is 28.0 Å². The number of esters is 2. The van der Waals surface area contributed by atoms with Gasteiger partial charge in [-0.1, -0.05) is 59.6 Å². The molecule has 4 aliphatic carbocycles. The van der Waals surface area contributed by atoms with Crippen LogP contribution in [0.15, 0.2) is 64.3 Å². The topological polar surface area (TPSA) is 77.5 Å². The molecule has 1 aromatic heterocycles. The van der Waals surface area contributed by atoms with Gasteiger partial charge in [0, 0.05) is 34.6 Å². The van der Waals surface area contributed by atoms with Crippen LogP contribution in [0.3, 0.4) is 0 Å². The first-order chi connectivity index (χ1) is 20.5. The summed E-state index contributed by atoms with van der Waals surface area (Å²) in [7, 11) is 3.70. The molecule has 1 saturated heterocycles. The molecule has 6 atom stereocenters. The zero-order valence-corrected chi connectivity index (χ0v) is 25.7. The molecule has 0 amide bonds. The number of carbonyl (C=O) groups excluding carboxylic acids is 2. The fraction of sp³-hybridized carbons (Fsp3) is 0.500. The van der Waals surface area contributed by atoms with Crippen molar-refractivity contribution in [3.05, 3.63) is 75.4 Å². The highest BCUT2D eigenvalue weighted by Gasteiger charge is 2.68. The summed E-state index contributed by atoms with van der Waals surface area (Å²) >= 11 is 0. The molecule has 1 saturated carbocycles. The summed E-state index contributed by atoms with van der Waals surface area (Å²) in [6.45, 7) is 4.40. The van der Waals surface area contributed by atoms with Crippen LogP contribution >= 0.6 is 21.6 Å². The van der Waals surface area contributed by atoms with E-state index in [1.165, 1.54) is 11.1 Å². The number of allylic oxidation sites excluding steroid dienone is 5. The number of nitrogens with zero attached hydrogens (tertiary/aromatic N) is 1. The van der Waals surface area contributed by atoms with Crippen molar-refractivity contribution in [2.75, 3.05) is 11.1 Å². The number of aromatic nitrogens is 1. The Morgan fingerprint density at radius 1 is 1.21 bits per heavy atom. The highest BCUT2D eigenvalue weighted by Crippen LogP contribution is 2.70. The molecule has 218 valence electrons. The molecule has 9 aliphatic rings. The van der Waals surface area contributed by atoms with Crippen LogP contribution in [0.2, 0.25) is 0 Å². The summed E-state index contributed by atoms with van der Waals surface area (Å²) in [6.07, 6.45) is 17.7. The maximum Gasteiger partial charge on any atom is 0.340 e. The second-order valence-electron chi connectivity index (χ2n) is 12.8. The van der Waals surface area contributed by atoms with E-state index in [-0.39, 0.29) is 35.1 Å². The molecule has 1 spiro atoms. The highest BCUT2D eigenvalue weighted by atomic mass is 33.1. The van der Waals surface area contributed by atoms with E-state index in [0.717, 1.165) is 90.3 Å². The molecule has 6 heterocycles. The average molecular weight is 601 g/mol. The van der Waals surface area contributed by atoms with Gasteiger partial charge in [-0.2, -0.15) is 0 Å². The second kappa shape index (κ2) is 10.2. The van der Waals surface area contributed by atoms with E-state index in [9.17, 15) is 9.59 Å². The number of hydrogen-bond acceptors (Lipinski definition) is 8. The molecule has 1 N–H and O–H groups in total. The SMILES string of the molecule is CCC/C=C1\OC(=O)C2=C1CC[C@H]1[C@@H]3CC[C@@]4(C5=C3Cc3ccnc6c3C=C[C@H](N6)SSC[C@@H](C)C/C=C\4OC5=O)[C@@H]21. The molecule has 0 aromatic carbocycles. The van der Waals surface area contributed by atoms with E-state index in [4.69, 9.17) is 14.5 Å². The van der Waals surface area contributed by atoms with E-state index in [0.29, 0.717) is 12.3 Å². The molecule has 2 fully saturated rings. The van der Waals surface area contributed by atoms with Gasteiger partial charge in [0.15, 0.2) is 0 Å². The lowest BCUT2D eigenvalue weighted by molar-refractivity contribution is -0.135. The van der Waals surface area contributed by atoms with Crippen molar-refractivity contribution < 1.29 is 19.1 Å². The molecule has 8 heteroatoms. The van der Waals surface area contributed by atoms with Gasteiger partial charge in [-0.25, -0.2) is 14.6 Å². The van der Waals surface area contributed by atoms with Crippen LogP contribution in [0.25, 0.3) is 6.08 Å². The summed E-state index contributed by atoms with van der Waals surface area (Å²) in [5.74, 6) is 3.88. The molecule has 10 rings (SSSR count). The number of unbranched alkanes of at least 4 members (excludes halogenated alkanes) is 1. The highest BCUT2D eigenvalue weighted by molar-refractivity contribution is 8.77. The fourth-order valence-electron chi connectivity index (χ4n) is 8.76. The van der Waals surface area contributed by atoms with Crippen molar-refractivity contribution in [3.8, 4) is 0 Å². The van der Waals surface area contributed by atoms with Gasteiger partial charge in [-0.3, -0.25) is 0 Å². The predicted molar refractivity (Wildman–Crippen MR) is 167 cm³/mol. The maximum absolute atomic E-state index is 14.0. The van der Waals surface area contributed by atoms with E-state index in [2.05, 4.69) is 49.5 Å². The molecular formula is C34H36N2O4S2. The lowest BCUT2D eigenvalue weighted by Gasteiger charge is -2.56. The molecule has 1 aromatic rings. The number of rotatable bonds is 2. The average Bonchev–Trinajstić information content (AvgIpc) is 3.48. The van der Waals surface area contributed by atoms with Crippen LogP contribution in [0.1, 0.15) is 69.9 Å². The first-order valence-electron chi connectivity index (χ1n) is 15.5. The van der Waals surface area contributed by atoms with Crippen LogP contribution in [0.5, 0.6) is 0 Å². The summed E-state index contributed by atoms with van der Waals surface area (Å²) in [5.41, 5.74) is 5.66. The Morgan fingerprint density at radius 2 is 2.12 bits per heavy atom. The molecule has 9 bridgehead atoms. The second-order valence-corrected chi connectivity index (χ2v) is 15.4. The van der Waals surface area contributed by atoms with E-state index in [1.807, 2.05) is 27.8 Å².